The van der Waals surface area contributed by atoms with Crippen molar-refractivity contribution < 1.29 is 19.4 Å². The van der Waals surface area contributed by atoms with Crippen LogP contribution in [-0.4, -0.2) is 46.4 Å². The first-order chi connectivity index (χ1) is 22.8. The second-order valence-electron chi connectivity index (χ2n) is 14.6. The molecular weight excluding hydrogens is 587 g/mol. The predicted octanol–water partition coefficient (Wildman–Crippen LogP) is 8.38. The standard InChI is InChI=1S/C41H49FN2O3/c1-41-26-36(42)39-34-19-18-33(45)25-32(34)24-31(38(39)35(41)20-21-37(41)46)13-7-2-3-8-22-44(23-9-12-28-10-5-4-6-11-28)40(47)30-16-14-29(27-43)15-17-30/h4-6,10-11,14-19,25,31,35-39,45-46H,2-3,7-9,12-13,20-24,26H2,1H3/t31-,35?,36+,37+,38?,39?,41+/m1/s1. The molecule has 3 aromatic rings. The average Bonchev–Trinajstić information content (AvgIpc) is 3.38. The number of alkyl halides is 1. The Morgan fingerprint density at radius 2 is 1.72 bits per heavy atom. The Labute approximate surface area is 279 Å². The van der Waals surface area contributed by atoms with E-state index in [9.17, 15) is 20.3 Å². The Hall–Kier alpha value is -3.69. The summed E-state index contributed by atoms with van der Waals surface area (Å²) in [4.78, 5) is 15.5. The number of benzene rings is 3. The monoisotopic (exact) mass is 636 g/mol. The Kier molecular flexibility index (Phi) is 10.3. The van der Waals surface area contributed by atoms with Gasteiger partial charge in [-0.1, -0.05) is 62.6 Å². The number of halogens is 1. The summed E-state index contributed by atoms with van der Waals surface area (Å²) < 4.78 is 16.1. The van der Waals surface area contributed by atoms with Gasteiger partial charge >= 0.3 is 0 Å². The highest BCUT2D eigenvalue weighted by Crippen LogP contribution is 2.63. The quantitative estimate of drug-likeness (QED) is 0.196. The number of nitrogens with zero attached hydrogens (tertiary/aromatic N) is 2. The van der Waals surface area contributed by atoms with Gasteiger partial charge in [-0.25, -0.2) is 4.39 Å². The molecule has 6 heteroatoms. The van der Waals surface area contributed by atoms with Crippen molar-refractivity contribution in [3.05, 3.63) is 101 Å². The number of aromatic hydroxyl groups is 1. The number of aliphatic hydroxyl groups is 1. The van der Waals surface area contributed by atoms with E-state index in [0.29, 0.717) is 42.5 Å². The lowest BCUT2D eigenvalue weighted by Gasteiger charge is -2.54. The minimum atomic E-state index is -0.985. The molecule has 0 bridgehead atoms. The highest BCUT2D eigenvalue weighted by molar-refractivity contribution is 5.94. The minimum Gasteiger partial charge on any atom is -0.508 e. The molecule has 3 aliphatic carbocycles. The fraction of sp³-hybridized carbons (Fsp3) is 0.512. The number of carbonyl (C=O) groups excluding carboxylic acids is 1. The number of hydrogen-bond donors (Lipinski definition) is 2. The molecular formula is C41H49FN2O3. The van der Waals surface area contributed by atoms with E-state index in [1.54, 1.807) is 30.3 Å². The summed E-state index contributed by atoms with van der Waals surface area (Å²) in [5.41, 5.74) is 4.23. The fourth-order valence-electron chi connectivity index (χ4n) is 9.40. The zero-order valence-electron chi connectivity index (χ0n) is 27.7. The number of nitriles is 1. The van der Waals surface area contributed by atoms with Crippen LogP contribution in [0.1, 0.15) is 103 Å². The summed E-state index contributed by atoms with van der Waals surface area (Å²) in [7, 11) is 0. The van der Waals surface area contributed by atoms with Gasteiger partial charge in [0.2, 0.25) is 0 Å². The number of fused-ring (bicyclic) bond motifs is 5. The van der Waals surface area contributed by atoms with Crippen molar-refractivity contribution in [2.45, 2.75) is 95.7 Å². The number of aryl methyl sites for hydroxylation is 1. The lowest BCUT2D eigenvalue weighted by atomic mass is 9.51. The van der Waals surface area contributed by atoms with E-state index < -0.39 is 12.3 Å². The first-order valence-electron chi connectivity index (χ1n) is 17.8. The third-order valence-electron chi connectivity index (χ3n) is 11.8. The minimum absolute atomic E-state index is 0.0117. The number of unbranched alkanes of at least 4 members (excludes halogenated alkanes) is 3. The number of carbonyl (C=O) groups is 1. The molecule has 0 aliphatic heterocycles. The van der Waals surface area contributed by atoms with Crippen molar-refractivity contribution in [2.75, 3.05) is 13.1 Å². The molecule has 7 atom stereocenters. The van der Waals surface area contributed by atoms with E-state index in [-0.39, 0.29) is 28.9 Å². The summed E-state index contributed by atoms with van der Waals surface area (Å²) in [5.74, 6) is 0.956. The second-order valence-corrected chi connectivity index (χ2v) is 14.6. The van der Waals surface area contributed by atoms with Crippen LogP contribution in [0, 0.1) is 34.5 Å². The molecule has 0 spiro atoms. The fourth-order valence-corrected chi connectivity index (χ4v) is 9.40. The first kappa shape index (κ1) is 33.2. The van der Waals surface area contributed by atoms with Crippen LogP contribution in [-0.2, 0) is 12.8 Å². The van der Waals surface area contributed by atoms with E-state index in [1.807, 2.05) is 35.2 Å². The van der Waals surface area contributed by atoms with Gasteiger partial charge in [0.15, 0.2) is 0 Å². The van der Waals surface area contributed by atoms with Crippen molar-refractivity contribution in [2.24, 2.45) is 23.2 Å². The second kappa shape index (κ2) is 14.6. The van der Waals surface area contributed by atoms with Gasteiger partial charge in [0.05, 0.1) is 17.7 Å². The van der Waals surface area contributed by atoms with Crippen LogP contribution in [0.15, 0.2) is 72.8 Å². The van der Waals surface area contributed by atoms with Gasteiger partial charge in [-0.15, -0.1) is 0 Å². The van der Waals surface area contributed by atoms with Gasteiger partial charge in [0, 0.05) is 24.6 Å². The topological polar surface area (TPSA) is 84.6 Å². The van der Waals surface area contributed by atoms with Gasteiger partial charge in [-0.2, -0.15) is 5.26 Å². The zero-order chi connectivity index (χ0) is 33.0. The molecule has 0 saturated heterocycles. The summed E-state index contributed by atoms with van der Waals surface area (Å²) in [6.07, 6.45) is 8.41. The maximum atomic E-state index is 16.1. The highest BCUT2D eigenvalue weighted by Gasteiger charge is 2.59. The van der Waals surface area contributed by atoms with Gasteiger partial charge in [0.25, 0.3) is 5.91 Å². The summed E-state index contributed by atoms with van der Waals surface area (Å²) in [6, 6.07) is 24.9. The molecule has 3 aliphatic rings. The zero-order valence-corrected chi connectivity index (χ0v) is 27.7. The number of amides is 1. The smallest absolute Gasteiger partial charge is 0.253 e. The van der Waals surface area contributed by atoms with E-state index >= 15 is 4.39 Å². The maximum Gasteiger partial charge on any atom is 0.253 e. The van der Waals surface area contributed by atoms with Crippen molar-refractivity contribution >= 4 is 5.91 Å². The van der Waals surface area contributed by atoms with E-state index in [4.69, 9.17) is 0 Å². The number of hydrogen-bond acceptors (Lipinski definition) is 4. The van der Waals surface area contributed by atoms with Gasteiger partial charge in [-0.3, -0.25) is 4.79 Å². The van der Waals surface area contributed by atoms with Crippen LogP contribution in [0.4, 0.5) is 4.39 Å². The molecule has 2 fully saturated rings. The summed E-state index contributed by atoms with van der Waals surface area (Å²) in [6.45, 7) is 3.49. The number of aliphatic hydroxyl groups excluding tert-OH is 1. The molecule has 1 amide bonds. The Balaban J connectivity index is 1.07. The predicted molar refractivity (Wildman–Crippen MR) is 183 cm³/mol. The molecule has 248 valence electrons. The van der Waals surface area contributed by atoms with Crippen molar-refractivity contribution in [1.82, 2.24) is 4.90 Å². The Morgan fingerprint density at radius 3 is 2.49 bits per heavy atom. The van der Waals surface area contributed by atoms with E-state index in [2.05, 4.69) is 25.1 Å². The van der Waals surface area contributed by atoms with Gasteiger partial charge in [0.1, 0.15) is 11.9 Å². The number of phenolic OH excluding ortho intramolecular Hbond substituents is 1. The molecule has 0 heterocycles. The molecule has 3 unspecified atom stereocenters. The van der Waals surface area contributed by atoms with Gasteiger partial charge < -0.3 is 15.1 Å². The van der Waals surface area contributed by atoms with Crippen molar-refractivity contribution in [1.29, 1.82) is 5.26 Å². The molecule has 2 N–H and O–H groups in total. The third kappa shape index (κ3) is 7.11. The first-order valence-corrected chi connectivity index (χ1v) is 17.8. The largest absolute Gasteiger partial charge is 0.508 e. The average molecular weight is 637 g/mol. The van der Waals surface area contributed by atoms with Crippen molar-refractivity contribution in [3.63, 3.8) is 0 Å². The third-order valence-corrected chi connectivity index (χ3v) is 11.8. The maximum absolute atomic E-state index is 16.1. The van der Waals surface area contributed by atoms with Crippen molar-refractivity contribution in [3.8, 4) is 11.8 Å². The molecule has 0 aromatic heterocycles. The van der Waals surface area contributed by atoms with Crippen LogP contribution in [0.3, 0.4) is 0 Å². The molecule has 47 heavy (non-hydrogen) atoms. The summed E-state index contributed by atoms with van der Waals surface area (Å²) in [5, 5.41) is 30.4. The molecule has 2 saturated carbocycles. The Morgan fingerprint density at radius 1 is 0.979 bits per heavy atom. The van der Waals surface area contributed by atoms with Crippen LogP contribution < -0.4 is 0 Å². The Bertz CT molecular complexity index is 1550. The SMILES string of the molecule is C[C@]12C[C@H](F)C3c4ccc(O)cc4C[C@@H](CCCCCCN(CCCc4ccccc4)C(=O)c4ccc(C#N)cc4)C3C1CC[C@@H]2O. The number of rotatable bonds is 12. The lowest BCUT2D eigenvalue weighted by Crippen LogP contribution is -2.51. The van der Waals surface area contributed by atoms with E-state index in [0.717, 1.165) is 75.3 Å². The molecule has 6 rings (SSSR count). The van der Waals surface area contributed by atoms with Crippen LogP contribution in [0.25, 0.3) is 0 Å². The normalized spacial score (nSPS) is 27.7. The molecule has 5 nitrogen and oxygen atoms in total. The number of phenols is 1. The van der Waals surface area contributed by atoms with Crippen LogP contribution in [0.2, 0.25) is 0 Å². The van der Waals surface area contributed by atoms with Crippen LogP contribution >= 0.6 is 0 Å². The lowest BCUT2D eigenvalue weighted by molar-refractivity contribution is -0.0722. The summed E-state index contributed by atoms with van der Waals surface area (Å²) >= 11 is 0. The molecule has 0 radical (unpaired) electrons. The van der Waals surface area contributed by atoms with Crippen LogP contribution in [0.5, 0.6) is 5.75 Å². The van der Waals surface area contributed by atoms with E-state index in [1.165, 1.54) is 5.56 Å². The highest BCUT2D eigenvalue weighted by atomic mass is 19.1. The van der Waals surface area contributed by atoms with Gasteiger partial charge in [-0.05, 0) is 128 Å². The molecule has 3 aromatic carbocycles.